The van der Waals surface area contributed by atoms with Crippen molar-refractivity contribution in [2.75, 3.05) is 18.2 Å². The van der Waals surface area contributed by atoms with Gasteiger partial charge in [-0.1, -0.05) is 23.1 Å². The number of anilines is 1. The lowest BCUT2D eigenvalue weighted by Gasteiger charge is -2.11. The standard InChI is InChI=1S/C14H15N3O5S2/c1-3-22-13(19)10-12(24-14(15-10)23-2)16-11(18)8-4-6-9(7-5-8)17(20)21/h4-7,17,20H,3H2,1-2H3,(H,16,18). The number of hydrogen-bond donors (Lipinski definition) is 3. The summed E-state index contributed by atoms with van der Waals surface area (Å²) in [5.74, 6) is -1.07. The second-order valence-electron chi connectivity index (χ2n) is 4.42. The smallest absolute Gasteiger partial charge is 0.360 e. The number of thiazole rings is 1. The SMILES string of the molecule is CCOC(=O)c1nc(SC)sc1NC(=O)c1ccc([NH+]([O-])O)cc1. The average molecular weight is 369 g/mol. The molecule has 0 radical (unpaired) electrons. The number of esters is 1. The number of carbonyl (C=O) groups excluding carboxylic acids is 2. The molecule has 0 saturated carbocycles. The largest absolute Gasteiger partial charge is 0.595 e. The highest BCUT2D eigenvalue weighted by atomic mass is 32.2. The number of nitrogens with zero attached hydrogens (tertiary/aromatic N) is 1. The van der Waals surface area contributed by atoms with Gasteiger partial charge in [0.1, 0.15) is 5.00 Å². The second-order valence-corrected chi connectivity index (χ2v) is 6.47. The summed E-state index contributed by atoms with van der Waals surface area (Å²) in [6.07, 6.45) is 1.81. The second kappa shape index (κ2) is 8.22. The predicted octanol–water partition coefficient (Wildman–Crippen LogP) is 1.70. The molecular formula is C14H15N3O5S2. The number of thioether (sulfide) groups is 1. The fourth-order valence-corrected chi connectivity index (χ4v) is 3.20. The van der Waals surface area contributed by atoms with Crippen molar-refractivity contribution in [1.29, 1.82) is 0 Å². The van der Waals surface area contributed by atoms with Gasteiger partial charge < -0.3 is 15.3 Å². The Morgan fingerprint density at radius 1 is 1.42 bits per heavy atom. The van der Waals surface area contributed by atoms with E-state index in [1.54, 1.807) is 6.92 Å². The van der Waals surface area contributed by atoms with Gasteiger partial charge in [-0.25, -0.2) is 15.0 Å². The first-order chi connectivity index (χ1) is 11.5. The molecule has 1 atom stereocenters. The zero-order chi connectivity index (χ0) is 17.7. The minimum Gasteiger partial charge on any atom is -0.595 e. The number of nitrogens with one attached hydrogen (secondary N) is 2. The van der Waals surface area contributed by atoms with E-state index in [-0.39, 0.29) is 23.6 Å². The molecule has 1 aromatic carbocycles. The Morgan fingerprint density at radius 2 is 2.08 bits per heavy atom. The molecule has 24 heavy (non-hydrogen) atoms. The molecule has 2 aromatic rings. The van der Waals surface area contributed by atoms with Gasteiger partial charge in [0.25, 0.3) is 5.91 Å². The van der Waals surface area contributed by atoms with Gasteiger partial charge in [-0.3, -0.25) is 4.79 Å². The normalized spacial score (nSPS) is 11.8. The summed E-state index contributed by atoms with van der Waals surface area (Å²) in [5.41, 5.74) is 0.414. The average Bonchev–Trinajstić information content (AvgIpc) is 2.98. The molecule has 0 aliphatic carbocycles. The van der Waals surface area contributed by atoms with Gasteiger partial charge in [0.2, 0.25) is 0 Å². The summed E-state index contributed by atoms with van der Waals surface area (Å²) in [5, 5.41) is 21.5. The molecule has 0 aliphatic rings. The molecule has 1 unspecified atom stereocenters. The minimum atomic E-state index is -1.07. The lowest BCUT2D eigenvalue weighted by molar-refractivity contribution is -0.991. The van der Waals surface area contributed by atoms with E-state index >= 15 is 0 Å². The van der Waals surface area contributed by atoms with E-state index in [9.17, 15) is 14.8 Å². The summed E-state index contributed by atoms with van der Waals surface area (Å²) < 4.78 is 5.56. The van der Waals surface area contributed by atoms with Crippen molar-refractivity contribution in [2.24, 2.45) is 0 Å². The molecule has 0 bridgehead atoms. The lowest BCUT2D eigenvalue weighted by Crippen LogP contribution is -2.99. The Balaban J connectivity index is 2.21. The van der Waals surface area contributed by atoms with Gasteiger partial charge in [0.15, 0.2) is 15.7 Å². The van der Waals surface area contributed by atoms with Gasteiger partial charge >= 0.3 is 5.97 Å². The first-order valence-electron chi connectivity index (χ1n) is 6.83. The van der Waals surface area contributed by atoms with Crippen LogP contribution in [0.4, 0.5) is 10.7 Å². The van der Waals surface area contributed by atoms with Crippen LogP contribution in [0.3, 0.4) is 0 Å². The van der Waals surface area contributed by atoms with Crippen LogP contribution in [-0.2, 0) is 4.74 Å². The van der Waals surface area contributed by atoms with Crippen LogP contribution in [0.2, 0.25) is 0 Å². The van der Waals surface area contributed by atoms with Crippen molar-refractivity contribution in [1.82, 2.24) is 4.98 Å². The summed E-state index contributed by atoms with van der Waals surface area (Å²) in [6.45, 7) is 1.89. The van der Waals surface area contributed by atoms with Crippen LogP contribution >= 0.6 is 23.1 Å². The first-order valence-corrected chi connectivity index (χ1v) is 8.87. The van der Waals surface area contributed by atoms with E-state index in [0.29, 0.717) is 9.34 Å². The Labute approximate surface area is 146 Å². The molecule has 0 aliphatic heterocycles. The quantitative estimate of drug-likeness (QED) is 0.403. The number of quaternary nitrogens is 1. The molecule has 0 spiro atoms. The first kappa shape index (κ1) is 18.4. The fourth-order valence-electron chi connectivity index (χ4n) is 1.75. The number of hydrogen-bond acceptors (Lipinski definition) is 8. The van der Waals surface area contributed by atoms with E-state index in [1.807, 2.05) is 6.26 Å². The van der Waals surface area contributed by atoms with Gasteiger partial charge in [0, 0.05) is 17.7 Å². The van der Waals surface area contributed by atoms with Crippen molar-refractivity contribution >= 4 is 45.7 Å². The predicted molar refractivity (Wildman–Crippen MR) is 90.0 cm³/mol. The summed E-state index contributed by atoms with van der Waals surface area (Å²) >= 11 is 2.52. The third-order valence-corrected chi connectivity index (χ3v) is 4.83. The van der Waals surface area contributed by atoms with Crippen LogP contribution in [-0.4, -0.2) is 34.9 Å². The number of carbonyl (C=O) groups is 2. The molecule has 128 valence electrons. The third-order valence-electron chi connectivity index (χ3n) is 2.87. The number of amides is 1. The highest BCUT2D eigenvalue weighted by Gasteiger charge is 2.21. The van der Waals surface area contributed by atoms with Crippen LogP contribution in [0, 0.1) is 5.21 Å². The number of aromatic nitrogens is 1. The lowest BCUT2D eigenvalue weighted by atomic mass is 10.2. The van der Waals surface area contributed by atoms with Crippen LogP contribution in [0.5, 0.6) is 0 Å². The zero-order valence-corrected chi connectivity index (χ0v) is 14.5. The molecule has 2 rings (SSSR count). The Bertz CT molecular complexity index is 731. The van der Waals surface area contributed by atoms with Crippen molar-refractivity contribution < 1.29 is 24.8 Å². The molecule has 10 heteroatoms. The summed E-state index contributed by atoms with van der Waals surface area (Å²) in [7, 11) is 0. The highest BCUT2D eigenvalue weighted by Crippen LogP contribution is 2.31. The molecule has 1 aromatic heterocycles. The maximum atomic E-state index is 12.3. The van der Waals surface area contributed by atoms with Crippen LogP contribution in [0.15, 0.2) is 28.6 Å². The van der Waals surface area contributed by atoms with Crippen LogP contribution < -0.4 is 10.5 Å². The monoisotopic (exact) mass is 369 g/mol. The van der Waals surface area contributed by atoms with Gasteiger partial charge in [-0.05, 0) is 25.3 Å². The number of ether oxygens (including phenoxy) is 1. The Morgan fingerprint density at radius 3 is 2.62 bits per heavy atom. The number of rotatable bonds is 6. The van der Waals surface area contributed by atoms with E-state index < -0.39 is 17.1 Å². The highest BCUT2D eigenvalue weighted by molar-refractivity contribution is 8.00. The maximum absolute atomic E-state index is 12.3. The summed E-state index contributed by atoms with van der Waals surface area (Å²) in [6, 6.07) is 5.48. The van der Waals surface area contributed by atoms with Gasteiger partial charge in [0.05, 0.1) is 6.61 Å². The molecule has 0 saturated heterocycles. The molecule has 1 heterocycles. The maximum Gasteiger partial charge on any atom is 0.360 e. The molecule has 8 nitrogen and oxygen atoms in total. The fraction of sp³-hybridized carbons (Fsp3) is 0.214. The Hall–Kier alpha value is -1.98. The van der Waals surface area contributed by atoms with E-state index in [1.165, 1.54) is 47.4 Å². The van der Waals surface area contributed by atoms with Crippen molar-refractivity contribution in [3.63, 3.8) is 0 Å². The third kappa shape index (κ3) is 4.30. The van der Waals surface area contributed by atoms with E-state index in [2.05, 4.69) is 10.3 Å². The molecule has 0 fully saturated rings. The summed E-state index contributed by atoms with van der Waals surface area (Å²) in [4.78, 5) is 28.4. The minimum absolute atomic E-state index is 0.0571. The van der Waals surface area contributed by atoms with Gasteiger partial charge in [-0.2, -0.15) is 5.23 Å². The molecule has 3 N–H and O–H groups in total. The van der Waals surface area contributed by atoms with Crippen molar-refractivity contribution in [2.45, 2.75) is 11.3 Å². The van der Waals surface area contributed by atoms with Crippen molar-refractivity contribution in [3.05, 3.63) is 40.7 Å². The number of benzene rings is 1. The zero-order valence-electron chi connectivity index (χ0n) is 12.9. The van der Waals surface area contributed by atoms with Crippen molar-refractivity contribution in [3.8, 4) is 0 Å². The molecule has 1 amide bonds. The van der Waals surface area contributed by atoms with Gasteiger partial charge in [-0.15, -0.1) is 0 Å². The molecular weight excluding hydrogens is 354 g/mol. The van der Waals surface area contributed by atoms with Crippen LogP contribution in [0.25, 0.3) is 0 Å². The van der Waals surface area contributed by atoms with Crippen LogP contribution in [0.1, 0.15) is 27.8 Å². The topological polar surface area (TPSA) is 116 Å². The Kier molecular flexibility index (Phi) is 6.29. The van der Waals surface area contributed by atoms with E-state index in [0.717, 1.165) is 0 Å². The van der Waals surface area contributed by atoms with E-state index in [4.69, 9.17) is 9.94 Å².